The first kappa shape index (κ1) is 13.0. The van der Waals surface area contributed by atoms with Gasteiger partial charge in [0, 0.05) is 5.92 Å². The number of carbonyl (C=O) groups excluding carboxylic acids is 2. The first-order valence-corrected chi connectivity index (χ1v) is 6.02. The molecule has 2 atom stereocenters. The summed E-state index contributed by atoms with van der Waals surface area (Å²) >= 11 is 0. The molecule has 3 aliphatic rings. The number of piperidine rings is 3. The van der Waals surface area contributed by atoms with Crippen LogP contribution in [0, 0.1) is 11.3 Å². The number of hydrogen-bond donors (Lipinski definition) is 1. The van der Waals surface area contributed by atoms with E-state index in [4.69, 9.17) is 0 Å². The van der Waals surface area contributed by atoms with Crippen LogP contribution >= 0.6 is 0 Å². The minimum absolute atomic E-state index is 0.108. The molecule has 2 unspecified atom stereocenters. The summed E-state index contributed by atoms with van der Waals surface area (Å²) in [7, 11) is 1.14. The zero-order valence-corrected chi connectivity index (χ0v) is 10.5. The number of carboxylic acids is 1. The maximum absolute atomic E-state index is 12.2. The van der Waals surface area contributed by atoms with Crippen molar-refractivity contribution in [1.82, 2.24) is 4.90 Å². The summed E-state index contributed by atoms with van der Waals surface area (Å²) < 4.78 is 4.59. The van der Waals surface area contributed by atoms with Crippen molar-refractivity contribution in [2.24, 2.45) is 11.3 Å². The molecule has 3 aliphatic heterocycles. The summed E-state index contributed by atoms with van der Waals surface area (Å²) in [5, 5.41) is 9.35. The molecule has 0 radical (unpaired) electrons. The number of nitrogens with zero attached hydrogens (tertiary/aromatic N) is 1. The van der Waals surface area contributed by atoms with Gasteiger partial charge < -0.3 is 9.84 Å². The van der Waals surface area contributed by atoms with Gasteiger partial charge in [-0.1, -0.05) is 0 Å². The summed E-state index contributed by atoms with van der Waals surface area (Å²) in [4.78, 5) is 37.3. The van der Waals surface area contributed by atoms with Crippen LogP contribution in [0.15, 0.2) is 0 Å². The molecule has 0 amide bonds. The van der Waals surface area contributed by atoms with Gasteiger partial charge in [-0.15, -0.1) is 0 Å². The number of ether oxygens (including phenoxy) is 1. The second kappa shape index (κ2) is 4.35. The molecule has 18 heavy (non-hydrogen) atoms. The van der Waals surface area contributed by atoms with Crippen LogP contribution in [0.3, 0.4) is 0 Å². The van der Waals surface area contributed by atoms with Gasteiger partial charge in [-0.25, -0.2) is 0 Å². The van der Waals surface area contributed by atoms with E-state index in [1.165, 1.54) is 6.92 Å². The van der Waals surface area contributed by atoms with Crippen LogP contribution in [0.2, 0.25) is 0 Å². The monoisotopic (exact) mass is 255 g/mol. The van der Waals surface area contributed by atoms with E-state index in [1.807, 2.05) is 0 Å². The lowest BCUT2D eigenvalue weighted by molar-refractivity contribution is -0.178. The Bertz CT molecular complexity index is 399. The maximum Gasteiger partial charge on any atom is 0.325 e. The highest BCUT2D eigenvalue weighted by Crippen LogP contribution is 2.39. The van der Waals surface area contributed by atoms with Gasteiger partial charge in [-0.3, -0.25) is 19.3 Å². The Balaban J connectivity index is 2.40. The molecular weight excluding hydrogens is 238 g/mol. The summed E-state index contributed by atoms with van der Waals surface area (Å²) in [6.07, 6.45) is 1.51. The number of rotatable bonds is 3. The van der Waals surface area contributed by atoms with Gasteiger partial charge in [0.15, 0.2) is 11.2 Å². The largest absolute Gasteiger partial charge is 0.480 e. The summed E-state index contributed by atoms with van der Waals surface area (Å²) in [5.74, 6) is -2.41. The Kier molecular flexibility index (Phi) is 3.14. The van der Waals surface area contributed by atoms with Crippen LogP contribution in [0.1, 0.15) is 19.8 Å². The summed E-state index contributed by atoms with van der Waals surface area (Å²) in [6.45, 7) is 2.62. The van der Waals surface area contributed by atoms with Crippen molar-refractivity contribution in [3.8, 4) is 0 Å². The minimum atomic E-state index is -1.81. The molecule has 6 heteroatoms. The molecule has 3 fully saturated rings. The summed E-state index contributed by atoms with van der Waals surface area (Å²) in [5.41, 5.74) is -1.81. The highest BCUT2D eigenvalue weighted by atomic mass is 16.5. The van der Waals surface area contributed by atoms with E-state index in [-0.39, 0.29) is 11.7 Å². The molecule has 0 spiro atoms. The van der Waals surface area contributed by atoms with Gasteiger partial charge in [0.1, 0.15) is 0 Å². The van der Waals surface area contributed by atoms with E-state index in [0.717, 1.165) is 20.0 Å². The number of hydrogen-bond acceptors (Lipinski definition) is 5. The van der Waals surface area contributed by atoms with Crippen molar-refractivity contribution in [3.63, 3.8) is 0 Å². The molecule has 0 aliphatic carbocycles. The molecule has 2 bridgehead atoms. The molecule has 1 N–H and O–H groups in total. The quantitative estimate of drug-likeness (QED) is 0.560. The van der Waals surface area contributed by atoms with E-state index < -0.39 is 23.4 Å². The number of fused-ring (bicyclic) bond motifs is 3. The van der Waals surface area contributed by atoms with E-state index in [0.29, 0.717) is 13.1 Å². The van der Waals surface area contributed by atoms with Crippen LogP contribution in [-0.4, -0.2) is 54.0 Å². The molecule has 0 aromatic rings. The molecule has 100 valence electrons. The first-order valence-electron chi connectivity index (χ1n) is 6.02. The number of Topliss-reactive ketones (excluding diaryl/α,β-unsaturated/α-hetero) is 1. The Hall–Kier alpha value is -1.43. The predicted octanol–water partition coefficient (Wildman–Crippen LogP) is -0.0864. The molecule has 0 saturated carbocycles. The van der Waals surface area contributed by atoms with Crippen LogP contribution in [-0.2, 0) is 19.1 Å². The Morgan fingerprint density at radius 3 is 2.33 bits per heavy atom. The fourth-order valence-corrected chi connectivity index (χ4v) is 3.02. The van der Waals surface area contributed by atoms with Gasteiger partial charge in [0.05, 0.1) is 13.2 Å². The average molecular weight is 255 g/mol. The van der Waals surface area contributed by atoms with Crippen LogP contribution < -0.4 is 0 Å². The van der Waals surface area contributed by atoms with E-state index in [1.54, 1.807) is 4.90 Å². The number of carbonyl (C=O) groups is 3. The number of esters is 1. The Morgan fingerprint density at radius 1 is 1.39 bits per heavy atom. The first-order chi connectivity index (χ1) is 8.42. The van der Waals surface area contributed by atoms with Crippen LogP contribution in [0.5, 0.6) is 0 Å². The standard InChI is InChI=1S/C12H17NO5/c1-12(10(15)16,11(17)18-2)9-8(14)7-3-5-13(9)6-4-7/h7,9H,3-6H2,1-2H3,(H,15,16). The highest BCUT2D eigenvalue weighted by molar-refractivity contribution is 6.06. The third-order valence-corrected chi connectivity index (χ3v) is 4.17. The van der Waals surface area contributed by atoms with Crippen molar-refractivity contribution >= 4 is 17.7 Å². The van der Waals surface area contributed by atoms with Crippen LogP contribution in [0.25, 0.3) is 0 Å². The van der Waals surface area contributed by atoms with Crippen molar-refractivity contribution in [2.75, 3.05) is 20.2 Å². The zero-order valence-electron chi connectivity index (χ0n) is 10.5. The topological polar surface area (TPSA) is 83.9 Å². The maximum atomic E-state index is 12.2. The average Bonchev–Trinajstić information content (AvgIpc) is 2.38. The fourth-order valence-electron chi connectivity index (χ4n) is 3.02. The fraction of sp³-hybridized carbons (Fsp3) is 0.750. The lowest BCUT2D eigenvalue weighted by Crippen LogP contribution is -2.65. The molecule has 3 heterocycles. The van der Waals surface area contributed by atoms with E-state index >= 15 is 0 Å². The molecule has 0 aromatic heterocycles. The van der Waals surface area contributed by atoms with E-state index in [9.17, 15) is 19.5 Å². The number of aliphatic carboxylic acids is 1. The number of ketones is 1. The lowest BCUT2D eigenvalue weighted by atomic mass is 9.70. The predicted molar refractivity (Wildman–Crippen MR) is 60.9 cm³/mol. The molecule has 0 aromatic carbocycles. The SMILES string of the molecule is COC(=O)C(C)(C(=O)O)C1C(=O)C2CCN1CC2. The second-order valence-corrected chi connectivity index (χ2v) is 5.11. The van der Waals surface area contributed by atoms with E-state index in [2.05, 4.69) is 4.74 Å². The van der Waals surface area contributed by atoms with Crippen molar-refractivity contribution in [2.45, 2.75) is 25.8 Å². The van der Waals surface area contributed by atoms with Crippen molar-refractivity contribution in [3.05, 3.63) is 0 Å². The normalized spacial score (nSPS) is 33.9. The number of methoxy groups -OCH3 is 1. The molecule has 6 nitrogen and oxygen atoms in total. The third kappa shape index (κ3) is 1.63. The van der Waals surface area contributed by atoms with Gasteiger partial charge in [-0.05, 0) is 32.9 Å². The molecule has 3 rings (SSSR count). The van der Waals surface area contributed by atoms with Gasteiger partial charge in [-0.2, -0.15) is 0 Å². The minimum Gasteiger partial charge on any atom is -0.480 e. The third-order valence-electron chi connectivity index (χ3n) is 4.17. The molecular formula is C12H17NO5. The molecule has 3 saturated heterocycles. The Labute approximate surface area is 105 Å². The van der Waals surface area contributed by atoms with Gasteiger partial charge in [0.25, 0.3) is 0 Å². The Morgan fingerprint density at radius 2 is 1.94 bits per heavy atom. The van der Waals surface area contributed by atoms with Crippen molar-refractivity contribution in [1.29, 1.82) is 0 Å². The number of carboxylic acid groups (broad SMARTS) is 1. The highest BCUT2D eigenvalue weighted by Gasteiger charge is 2.58. The van der Waals surface area contributed by atoms with Crippen LogP contribution in [0.4, 0.5) is 0 Å². The lowest BCUT2D eigenvalue weighted by Gasteiger charge is -2.48. The van der Waals surface area contributed by atoms with Gasteiger partial charge >= 0.3 is 11.9 Å². The summed E-state index contributed by atoms with van der Waals surface area (Å²) in [6, 6.07) is -0.894. The zero-order chi connectivity index (χ0) is 13.5. The van der Waals surface area contributed by atoms with Crippen molar-refractivity contribution < 1.29 is 24.2 Å². The second-order valence-electron chi connectivity index (χ2n) is 5.11. The van der Waals surface area contributed by atoms with Gasteiger partial charge in [0.2, 0.25) is 0 Å². The smallest absolute Gasteiger partial charge is 0.325 e.